The molecule has 2 N–H and O–H groups in total. The van der Waals surface area contributed by atoms with Crippen LogP contribution in [-0.4, -0.2) is 20.2 Å². The molecule has 5 nitrogen and oxygen atoms in total. The maximum Gasteiger partial charge on any atom is 0.187 e. The quantitative estimate of drug-likeness (QED) is 0.735. The van der Waals surface area contributed by atoms with Gasteiger partial charge in [0.25, 0.3) is 0 Å². The third-order valence-electron chi connectivity index (χ3n) is 3.15. The number of benzene rings is 2. The van der Waals surface area contributed by atoms with Gasteiger partial charge in [-0.25, -0.2) is 8.78 Å². The zero-order chi connectivity index (χ0) is 15.0. The van der Waals surface area contributed by atoms with Crippen molar-refractivity contribution in [2.45, 2.75) is 6.92 Å². The Morgan fingerprint density at radius 1 is 1.05 bits per heavy atom. The van der Waals surface area contributed by atoms with Crippen molar-refractivity contribution >= 4 is 5.69 Å². The predicted molar refractivity (Wildman–Crippen MR) is 73.7 cm³/mol. The maximum atomic E-state index is 13.3. The van der Waals surface area contributed by atoms with Gasteiger partial charge in [-0.1, -0.05) is 0 Å². The third kappa shape index (κ3) is 2.33. The number of hydrogen-bond donors (Lipinski definition) is 1. The van der Waals surface area contributed by atoms with Crippen LogP contribution in [0.4, 0.5) is 14.5 Å². The Hall–Kier alpha value is -2.83. The lowest BCUT2D eigenvalue weighted by atomic mass is 10.1. The Morgan fingerprint density at radius 2 is 1.86 bits per heavy atom. The number of rotatable bonds is 2. The molecule has 0 radical (unpaired) electrons. The molecule has 0 bridgehead atoms. The van der Waals surface area contributed by atoms with Crippen LogP contribution in [0.5, 0.6) is 0 Å². The number of hydrogen-bond acceptors (Lipinski definition) is 4. The highest BCUT2D eigenvalue weighted by Crippen LogP contribution is 2.23. The lowest BCUT2D eigenvalue weighted by Crippen LogP contribution is -2.01. The predicted octanol–water partition coefficient (Wildman–Crippen LogP) is 2.50. The largest absolute Gasteiger partial charge is 0.399 e. The van der Waals surface area contributed by atoms with Crippen LogP contribution in [0.15, 0.2) is 36.4 Å². The highest BCUT2D eigenvalue weighted by atomic mass is 19.2. The molecule has 0 amide bonds. The Bertz CT molecular complexity index is 747. The smallest absolute Gasteiger partial charge is 0.187 e. The van der Waals surface area contributed by atoms with Gasteiger partial charge in [-0.3, -0.25) is 0 Å². The molecule has 1 aromatic heterocycles. The van der Waals surface area contributed by atoms with E-state index in [0.29, 0.717) is 17.2 Å². The first kappa shape index (κ1) is 13.2. The van der Waals surface area contributed by atoms with Gasteiger partial charge in [-0.15, -0.1) is 5.10 Å². The van der Waals surface area contributed by atoms with Crippen molar-refractivity contribution in [2.24, 2.45) is 0 Å². The molecular weight excluding hydrogens is 276 g/mol. The summed E-state index contributed by atoms with van der Waals surface area (Å²) in [6.45, 7) is 1.87. The number of halogens is 2. The number of nitrogens with zero attached hydrogens (tertiary/aromatic N) is 4. The fourth-order valence-electron chi connectivity index (χ4n) is 1.97. The average molecular weight is 287 g/mol. The maximum absolute atomic E-state index is 13.3. The molecule has 2 aromatic carbocycles. The summed E-state index contributed by atoms with van der Waals surface area (Å²) in [6.07, 6.45) is 0. The van der Waals surface area contributed by atoms with Gasteiger partial charge in [0.05, 0.1) is 5.69 Å². The van der Waals surface area contributed by atoms with E-state index < -0.39 is 11.6 Å². The second-order valence-electron chi connectivity index (χ2n) is 4.58. The van der Waals surface area contributed by atoms with Crippen molar-refractivity contribution in [3.8, 4) is 17.1 Å². The number of nitrogen functional groups attached to an aromatic ring is 1. The molecule has 0 aliphatic carbocycles. The molecule has 0 unspecified atom stereocenters. The van der Waals surface area contributed by atoms with E-state index in [1.165, 1.54) is 10.7 Å². The van der Waals surface area contributed by atoms with Gasteiger partial charge in [0.2, 0.25) is 0 Å². The number of aryl methyl sites for hydroxylation is 1. The van der Waals surface area contributed by atoms with Crippen LogP contribution >= 0.6 is 0 Å². The lowest BCUT2D eigenvalue weighted by molar-refractivity contribution is 0.507. The van der Waals surface area contributed by atoms with Crippen molar-refractivity contribution in [1.29, 1.82) is 0 Å². The van der Waals surface area contributed by atoms with Crippen LogP contribution in [0, 0.1) is 18.6 Å². The SMILES string of the molecule is Cc1cc(-c2nnnn2-c2ccc(F)c(F)c2)ccc1N. The van der Waals surface area contributed by atoms with Gasteiger partial charge in [0, 0.05) is 17.3 Å². The van der Waals surface area contributed by atoms with Crippen LogP contribution in [-0.2, 0) is 0 Å². The Morgan fingerprint density at radius 3 is 2.57 bits per heavy atom. The van der Waals surface area contributed by atoms with E-state index in [1.807, 2.05) is 13.0 Å². The Balaban J connectivity index is 2.12. The van der Waals surface area contributed by atoms with Crippen LogP contribution < -0.4 is 5.73 Å². The summed E-state index contributed by atoms with van der Waals surface area (Å²) < 4.78 is 27.7. The molecule has 0 saturated heterocycles. The van der Waals surface area contributed by atoms with E-state index in [4.69, 9.17) is 5.73 Å². The molecule has 0 aliphatic heterocycles. The molecule has 0 saturated carbocycles. The van der Waals surface area contributed by atoms with Crippen LogP contribution in [0.1, 0.15) is 5.56 Å². The second kappa shape index (κ2) is 4.93. The summed E-state index contributed by atoms with van der Waals surface area (Å²) in [5.41, 5.74) is 8.39. The van der Waals surface area contributed by atoms with Gasteiger partial charge >= 0.3 is 0 Å². The summed E-state index contributed by atoms with van der Waals surface area (Å²) in [6, 6.07) is 8.82. The standard InChI is InChI=1S/C14H11F2N5/c1-8-6-9(2-5-13(8)17)14-18-19-20-21(14)10-3-4-11(15)12(16)7-10/h2-7H,17H2,1H3. The molecule has 3 aromatic rings. The summed E-state index contributed by atoms with van der Waals surface area (Å²) >= 11 is 0. The first-order chi connectivity index (χ1) is 10.1. The van der Waals surface area contributed by atoms with E-state index in [1.54, 1.807) is 12.1 Å². The normalized spacial score (nSPS) is 10.8. The summed E-state index contributed by atoms with van der Waals surface area (Å²) in [7, 11) is 0. The van der Waals surface area contributed by atoms with Crippen molar-refractivity contribution in [3.63, 3.8) is 0 Å². The minimum absolute atomic E-state index is 0.336. The first-order valence-corrected chi connectivity index (χ1v) is 6.16. The third-order valence-corrected chi connectivity index (χ3v) is 3.15. The van der Waals surface area contributed by atoms with Gasteiger partial charge < -0.3 is 5.73 Å². The van der Waals surface area contributed by atoms with E-state index in [2.05, 4.69) is 15.5 Å². The van der Waals surface area contributed by atoms with E-state index >= 15 is 0 Å². The molecule has 21 heavy (non-hydrogen) atoms. The van der Waals surface area contributed by atoms with Crippen LogP contribution in [0.3, 0.4) is 0 Å². The number of anilines is 1. The van der Waals surface area contributed by atoms with Gasteiger partial charge in [0.1, 0.15) is 0 Å². The van der Waals surface area contributed by atoms with Gasteiger partial charge in [-0.2, -0.15) is 4.68 Å². The zero-order valence-electron chi connectivity index (χ0n) is 11.1. The topological polar surface area (TPSA) is 69.6 Å². The molecule has 0 atom stereocenters. The molecule has 0 fully saturated rings. The highest BCUT2D eigenvalue weighted by Gasteiger charge is 2.13. The van der Waals surface area contributed by atoms with Crippen molar-refractivity contribution in [3.05, 3.63) is 53.6 Å². The first-order valence-electron chi connectivity index (χ1n) is 6.16. The summed E-state index contributed by atoms with van der Waals surface area (Å²) in [5, 5.41) is 11.3. The fraction of sp³-hybridized carbons (Fsp3) is 0.0714. The number of aromatic nitrogens is 4. The van der Waals surface area contributed by atoms with E-state index in [-0.39, 0.29) is 0 Å². The fourth-order valence-corrected chi connectivity index (χ4v) is 1.97. The number of nitrogens with two attached hydrogens (primary N) is 1. The van der Waals surface area contributed by atoms with Crippen molar-refractivity contribution in [2.75, 3.05) is 5.73 Å². The lowest BCUT2D eigenvalue weighted by Gasteiger charge is -2.07. The number of tetrazole rings is 1. The van der Waals surface area contributed by atoms with Crippen LogP contribution in [0.25, 0.3) is 17.1 Å². The Labute approximate surface area is 119 Å². The molecular formula is C14H11F2N5. The van der Waals surface area contributed by atoms with E-state index in [9.17, 15) is 8.78 Å². The van der Waals surface area contributed by atoms with Crippen LogP contribution in [0.2, 0.25) is 0 Å². The molecule has 3 rings (SSSR count). The van der Waals surface area contributed by atoms with Gasteiger partial charge in [0.15, 0.2) is 17.5 Å². The van der Waals surface area contributed by atoms with Crippen molar-refractivity contribution < 1.29 is 8.78 Å². The monoisotopic (exact) mass is 287 g/mol. The zero-order valence-corrected chi connectivity index (χ0v) is 11.1. The molecule has 1 heterocycles. The second-order valence-corrected chi connectivity index (χ2v) is 4.58. The summed E-state index contributed by atoms with van der Waals surface area (Å²) in [5.74, 6) is -1.46. The van der Waals surface area contributed by atoms with E-state index in [0.717, 1.165) is 23.3 Å². The van der Waals surface area contributed by atoms with Gasteiger partial charge in [-0.05, 0) is 53.2 Å². The molecule has 0 spiro atoms. The molecule has 0 aliphatic rings. The Kier molecular flexibility index (Phi) is 3.09. The summed E-state index contributed by atoms with van der Waals surface area (Å²) in [4.78, 5) is 0. The molecule has 7 heteroatoms. The minimum atomic E-state index is -0.956. The minimum Gasteiger partial charge on any atom is -0.399 e. The highest BCUT2D eigenvalue weighted by molar-refractivity contribution is 5.63. The average Bonchev–Trinajstić information content (AvgIpc) is 2.94. The molecule has 106 valence electrons. The van der Waals surface area contributed by atoms with Crippen molar-refractivity contribution in [1.82, 2.24) is 20.2 Å².